The van der Waals surface area contributed by atoms with Crippen molar-refractivity contribution in [2.75, 3.05) is 11.0 Å². The fraction of sp³-hybridized carbons (Fsp3) is 0.261. The number of rotatable bonds is 7. The molecular weight excluding hydrogens is 549 g/mol. The van der Waals surface area contributed by atoms with Crippen molar-refractivity contribution in [3.63, 3.8) is 0 Å². The average molecular weight is 575 g/mol. The summed E-state index contributed by atoms with van der Waals surface area (Å²) in [7, 11) is -4.16. The number of fused-ring (bicyclic) bond motifs is 1. The Bertz CT molecular complexity index is 1380. The smallest absolute Gasteiger partial charge is 0.321 e. The number of halogens is 3. The first kappa shape index (κ1) is 29.6. The zero-order chi connectivity index (χ0) is 26.0. The van der Waals surface area contributed by atoms with Crippen molar-refractivity contribution in [2.24, 2.45) is 5.73 Å². The minimum absolute atomic E-state index is 0. The largest absolute Gasteiger partial charge is 0.459 e. The number of pyridine rings is 1. The summed E-state index contributed by atoms with van der Waals surface area (Å²) in [5.41, 5.74) is 5.61. The molecule has 0 unspecified atom stereocenters. The molecule has 3 rings (SSSR count). The summed E-state index contributed by atoms with van der Waals surface area (Å²) in [6.45, 7) is 4.52. The van der Waals surface area contributed by atoms with E-state index in [-0.39, 0.29) is 23.8 Å². The van der Waals surface area contributed by atoms with Crippen LogP contribution in [0.2, 0.25) is 5.02 Å². The van der Waals surface area contributed by atoms with Crippen LogP contribution in [0.5, 0.6) is 0 Å². The number of carbonyl (C=O) groups excluding carboxylic acids is 1. The molecule has 0 aliphatic rings. The number of anilines is 1. The van der Waals surface area contributed by atoms with Crippen LogP contribution in [0.3, 0.4) is 0 Å². The van der Waals surface area contributed by atoms with Crippen LogP contribution in [0, 0.1) is 5.41 Å². The van der Waals surface area contributed by atoms with Crippen LogP contribution in [0.25, 0.3) is 10.8 Å². The zero-order valence-corrected chi connectivity index (χ0v) is 22.9. The molecule has 194 valence electrons. The third-order valence-electron chi connectivity index (χ3n) is 4.74. The second-order valence-corrected chi connectivity index (χ2v) is 11.4. The first-order chi connectivity index (χ1) is 16.3. The normalized spacial score (nSPS) is 11.7. The predicted octanol–water partition coefficient (Wildman–Crippen LogP) is 4.70. The van der Waals surface area contributed by atoms with Crippen LogP contribution in [0.15, 0.2) is 59.8 Å². The van der Waals surface area contributed by atoms with Crippen molar-refractivity contribution in [3.8, 4) is 0 Å². The van der Waals surface area contributed by atoms with E-state index in [0.29, 0.717) is 27.0 Å². The SMILES string of the molecule is CC(C)(C)OC(=O)CN(Cc1cccc(Cl)c1)S(=O)(=O)c1ccc2c(N(Cl)C(=N)N)cncc2c1.Cl. The number of nitrogens with zero attached hydrogens (tertiary/aromatic N) is 3. The maximum Gasteiger partial charge on any atom is 0.321 e. The Balaban J connectivity index is 0.00000456. The highest BCUT2D eigenvalue weighted by atomic mass is 35.5. The van der Waals surface area contributed by atoms with Gasteiger partial charge < -0.3 is 10.5 Å². The third kappa shape index (κ3) is 7.21. The highest BCUT2D eigenvalue weighted by molar-refractivity contribution is 7.89. The molecule has 0 radical (unpaired) electrons. The van der Waals surface area contributed by atoms with Crippen molar-refractivity contribution in [2.45, 2.75) is 37.8 Å². The Kier molecular flexibility index (Phi) is 9.55. The highest BCUT2D eigenvalue weighted by Crippen LogP contribution is 2.30. The Morgan fingerprint density at radius 2 is 1.86 bits per heavy atom. The van der Waals surface area contributed by atoms with Crippen LogP contribution < -0.4 is 10.2 Å². The molecular formula is C23H26Cl3N5O4S. The maximum atomic E-state index is 13.7. The van der Waals surface area contributed by atoms with Gasteiger partial charge >= 0.3 is 5.97 Å². The summed E-state index contributed by atoms with van der Waals surface area (Å²) >= 11 is 12.1. The van der Waals surface area contributed by atoms with E-state index in [9.17, 15) is 13.2 Å². The lowest BCUT2D eigenvalue weighted by atomic mass is 10.1. The number of guanidine groups is 1. The van der Waals surface area contributed by atoms with Crippen LogP contribution >= 0.6 is 35.8 Å². The standard InChI is InChI=1S/C23H25Cl2N5O4S.ClH/c1-23(2,3)34-21(31)14-29(13-15-5-4-6-17(24)9-15)35(32,33)18-7-8-19-16(10-18)11-28-12-20(19)30(25)22(26)27;/h4-12H,13-14H2,1-3H3,(H3,26,27);1H. The van der Waals surface area contributed by atoms with Gasteiger partial charge in [0.05, 0.1) is 16.8 Å². The minimum atomic E-state index is -4.16. The van der Waals surface area contributed by atoms with Gasteiger partial charge in [-0.15, -0.1) is 12.4 Å². The predicted molar refractivity (Wildman–Crippen MR) is 144 cm³/mol. The number of carbonyl (C=O) groups is 1. The number of hydrogen-bond acceptors (Lipinski definition) is 6. The highest BCUT2D eigenvalue weighted by Gasteiger charge is 2.29. The molecule has 0 aliphatic carbocycles. The molecule has 0 bridgehead atoms. The van der Waals surface area contributed by atoms with Crippen LogP contribution in [-0.2, 0) is 26.1 Å². The number of sulfonamides is 1. The first-order valence-corrected chi connectivity index (χ1v) is 12.6. The van der Waals surface area contributed by atoms with E-state index in [4.69, 9.17) is 39.3 Å². The van der Waals surface area contributed by atoms with Gasteiger partial charge in [0.1, 0.15) is 12.1 Å². The van der Waals surface area contributed by atoms with Gasteiger partial charge in [0, 0.05) is 40.3 Å². The number of esters is 1. The van der Waals surface area contributed by atoms with E-state index in [0.717, 1.165) is 8.72 Å². The first-order valence-electron chi connectivity index (χ1n) is 10.4. The van der Waals surface area contributed by atoms with Gasteiger partial charge in [-0.1, -0.05) is 29.8 Å². The lowest BCUT2D eigenvalue weighted by Crippen LogP contribution is -2.38. The Morgan fingerprint density at radius 3 is 2.47 bits per heavy atom. The van der Waals surface area contributed by atoms with E-state index in [1.807, 2.05) is 0 Å². The molecule has 0 saturated carbocycles. The molecule has 3 aromatic rings. The minimum Gasteiger partial charge on any atom is -0.459 e. The van der Waals surface area contributed by atoms with Gasteiger partial charge in [-0.2, -0.15) is 4.31 Å². The fourth-order valence-electron chi connectivity index (χ4n) is 3.32. The Hall–Kier alpha value is -2.63. The second-order valence-electron chi connectivity index (χ2n) is 8.70. The Labute approximate surface area is 226 Å². The Morgan fingerprint density at radius 1 is 1.17 bits per heavy atom. The quantitative estimate of drug-likeness (QED) is 0.181. The van der Waals surface area contributed by atoms with Crippen LogP contribution in [0.1, 0.15) is 26.3 Å². The number of nitrogens with one attached hydrogen (secondary N) is 1. The van der Waals surface area contributed by atoms with Gasteiger partial charge in [-0.25, -0.2) is 12.8 Å². The summed E-state index contributed by atoms with van der Waals surface area (Å²) in [5.74, 6) is -1.10. The van der Waals surface area contributed by atoms with Crippen molar-refractivity contribution >= 4 is 74.2 Å². The summed E-state index contributed by atoms with van der Waals surface area (Å²) in [5, 5.41) is 8.98. The summed E-state index contributed by atoms with van der Waals surface area (Å²) in [4.78, 5) is 16.6. The van der Waals surface area contributed by atoms with E-state index < -0.39 is 34.1 Å². The molecule has 0 spiro atoms. The van der Waals surface area contributed by atoms with Gasteiger partial charge in [-0.3, -0.25) is 15.2 Å². The molecule has 1 heterocycles. The summed E-state index contributed by atoms with van der Waals surface area (Å²) in [6, 6.07) is 11.1. The van der Waals surface area contributed by atoms with E-state index >= 15 is 0 Å². The maximum absolute atomic E-state index is 13.7. The number of ether oxygens (including phenoxy) is 1. The molecule has 0 fully saturated rings. The molecule has 9 nitrogen and oxygen atoms in total. The molecule has 2 aromatic carbocycles. The lowest BCUT2D eigenvalue weighted by molar-refractivity contribution is -0.155. The number of benzene rings is 2. The molecule has 0 aliphatic heterocycles. The molecule has 1 aromatic heterocycles. The van der Waals surface area contributed by atoms with Gasteiger partial charge in [0.25, 0.3) is 0 Å². The average Bonchev–Trinajstić information content (AvgIpc) is 2.76. The molecule has 13 heteroatoms. The zero-order valence-electron chi connectivity index (χ0n) is 19.7. The second kappa shape index (κ2) is 11.6. The monoisotopic (exact) mass is 573 g/mol. The topological polar surface area (TPSA) is 130 Å². The van der Waals surface area contributed by atoms with E-state index in [2.05, 4.69) is 4.98 Å². The lowest BCUT2D eigenvalue weighted by Gasteiger charge is -2.25. The summed E-state index contributed by atoms with van der Waals surface area (Å²) < 4.78 is 34.6. The third-order valence-corrected chi connectivity index (χ3v) is 7.13. The number of nitrogens with two attached hydrogens (primary N) is 1. The van der Waals surface area contributed by atoms with Crippen LogP contribution in [0.4, 0.5) is 5.69 Å². The van der Waals surface area contributed by atoms with E-state index in [1.54, 1.807) is 51.1 Å². The molecule has 36 heavy (non-hydrogen) atoms. The number of hydrogen-bond donors (Lipinski definition) is 2. The fourth-order valence-corrected chi connectivity index (χ4v) is 5.07. The molecule has 0 saturated heterocycles. The molecule has 0 atom stereocenters. The van der Waals surface area contributed by atoms with Gasteiger partial charge in [0.2, 0.25) is 16.0 Å². The van der Waals surface area contributed by atoms with Crippen molar-refractivity contribution < 1.29 is 17.9 Å². The van der Waals surface area contributed by atoms with Crippen molar-refractivity contribution in [1.29, 1.82) is 5.41 Å². The van der Waals surface area contributed by atoms with E-state index in [1.165, 1.54) is 24.5 Å². The van der Waals surface area contributed by atoms with Crippen molar-refractivity contribution in [3.05, 3.63) is 65.4 Å². The van der Waals surface area contributed by atoms with Crippen LogP contribution in [-0.4, -0.2) is 41.8 Å². The summed E-state index contributed by atoms with van der Waals surface area (Å²) in [6.07, 6.45) is 2.89. The molecule has 0 amide bonds. The molecule has 3 N–H and O–H groups in total. The van der Waals surface area contributed by atoms with Gasteiger partial charge in [0.15, 0.2) is 0 Å². The van der Waals surface area contributed by atoms with Crippen molar-refractivity contribution in [1.82, 2.24) is 9.29 Å². The van der Waals surface area contributed by atoms with Gasteiger partial charge in [-0.05, 0) is 50.6 Å². The number of aromatic nitrogens is 1.